The van der Waals surface area contributed by atoms with Crippen molar-refractivity contribution in [3.05, 3.63) is 23.4 Å². The summed E-state index contributed by atoms with van der Waals surface area (Å²) in [5.41, 5.74) is 8.21. The lowest BCUT2D eigenvalue weighted by Crippen LogP contribution is -2.48. The Hall–Kier alpha value is -1.62. The molecule has 0 bridgehead atoms. The van der Waals surface area contributed by atoms with Crippen LogP contribution in [0.2, 0.25) is 0 Å². The van der Waals surface area contributed by atoms with Gasteiger partial charge in [-0.3, -0.25) is 4.79 Å². The molecule has 110 valence electrons. The van der Waals surface area contributed by atoms with Crippen molar-refractivity contribution in [1.29, 1.82) is 0 Å². The van der Waals surface area contributed by atoms with Crippen LogP contribution in [-0.4, -0.2) is 42.0 Å². The summed E-state index contributed by atoms with van der Waals surface area (Å²) in [5.74, 6) is 1.14. The zero-order valence-corrected chi connectivity index (χ0v) is 12.6. The lowest BCUT2D eigenvalue weighted by Gasteiger charge is -2.35. The number of hydrogen-bond donors (Lipinski definition) is 1. The minimum absolute atomic E-state index is 0.0612. The smallest absolute Gasteiger partial charge is 0.219 e. The van der Waals surface area contributed by atoms with Gasteiger partial charge in [-0.2, -0.15) is 0 Å². The van der Waals surface area contributed by atoms with Crippen LogP contribution < -0.4 is 10.6 Å². The van der Waals surface area contributed by atoms with E-state index in [1.54, 1.807) is 6.92 Å². The molecule has 1 aliphatic heterocycles. The molecule has 2 N–H and O–H groups in total. The lowest BCUT2D eigenvalue weighted by molar-refractivity contribution is -0.129. The third-order valence-corrected chi connectivity index (χ3v) is 4.00. The first-order valence-corrected chi connectivity index (χ1v) is 7.26. The summed E-state index contributed by atoms with van der Waals surface area (Å²) in [6.45, 7) is 8.94. The fourth-order valence-electron chi connectivity index (χ4n) is 2.60. The molecule has 5 heteroatoms. The monoisotopic (exact) mass is 276 g/mol. The highest BCUT2D eigenvalue weighted by molar-refractivity contribution is 5.73. The van der Waals surface area contributed by atoms with E-state index >= 15 is 0 Å². The Labute approximate surface area is 120 Å². The molecule has 2 rings (SSSR count). The summed E-state index contributed by atoms with van der Waals surface area (Å²) in [6, 6.07) is 4.19. The maximum Gasteiger partial charge on any atom is 0.219 e. The third kappa shape index (κ3) is 3.10. The van der Waals surface area contributed by atoms with Gasteiger partial charge in [0.2, 0.25) is 5.91 Å². The molecule has 0 radical (unpaired) electrons. The van der Waals surface area contributed by atoms with Gasteiger partial charge < -0.3 is 15.5 Å². The zero-order valence-electron chi connectivity index (χ0n) is 12.6. The van der Waals surface area contributed by atoms with E-state index in [1.807, 2.05) is 17.9 Å². The number of pyridine rings is 1. The molecular formula is C15H24N4O. The highest BCUT2D eigenvalue weighted by Crippen LogP contribution is 2.21. The number of anilines is 1. The lowest BCUT2D eigenvalue weighted by atomic mass is 10.0. The first-order chi connectivity index (χ1) is 9.52. The molecule has 1 amide bonds. The maximum atomic E-state index is 11.3. The van der Waals surface area contributed by atoms with E-state index in [2.05, 4.69) is 22.9 Å². The quantitative estimate of drug-likeness (QED) is 0.908. The summed E-state index contributed by atoms with van der Waals surface area (Å²) < 4.78 is 0. The largest absolute Gasteiger partial charge is 0.353 e. The molecule has 2 heterocycles. The first kappa shape index (κ1) is 14.8. The number of carbonyl (C=O) groups excluding carboxylic acids is 1. The second-order valence-electron chi connectivity index (χ2n) is 5.35. The Morgan fingerprint density at radius 1 is 1.35 bits per heavy atom. The van der Waals surface area contributed by atoms with Crippen molar-refractivity contribution >= 4 is 11.7 Å². The summed E-state index contributed by atoms with van der Waals surface area (Å²) in [4.78, 5) is 20.1. The average Bonchev–Trinajstić information content (AvgIpc) is 2.46. The highest BCUT2D eigenvalue weighted by atomic mass is 16.2. The first-order valence-electron chi connectivity index (χ1n) is 7.26. The van der Waals surface area contributed by atoms with Gasteiger partial charge in [0.05, 0.1) is 0 Å². The molecule has 5 nitrogen and oxygen atoms in total. The van der Waals surface area contributed by atoms with Crippen LogP contribution in [0.5, 0.6) is 0 Å². The fourth-order valence-corrected chi connectivity index (χ4v) is 2.60. The van der Waals surface area contributed by atoms with Crippen LogP contribution in [0, 0.1) is 6.92 Å². The molecular weight excluding hydrogens is 252 g/mol. The second kappa shape index (κ2) is 6.22. The Kier molecular flexibility index (Phi) is 4.60. The van der Waals surface area contributed by atoms with Gasteiger partial charge in [-0.15, -0.1) is 0 Å². The number of piperazine rings is 1. The van der Waals surface area contributed by atoms with Crippen LogP contribution in [0.3, 0.4) is 0 Å². The molecule has 1 saturated heterocycles. The predicted molar refractivity (Wildman–Crippen MR) is 80.7 cm³/mol. The van der Waals surface area contributed by atoms with E-state index in [0.717, 1.165) is 49.7 Å². The Bertz CT molecular complexity index is 481. The van der Waals surface area contributed by atoms with E-state index < -0.39 is 0 Å². The number of aryl methyl sites for hydroxylation is 1. The third-order valence-electron chi connectivity index (χ3n) is 4.00. The molecule has 1 aliphatic rings. The van der Waals surface area contributed by atoms with Crippen molar-refractivity contribution in [3.8, 4) is 0 Å². The normalized spacial score (nSPS) is 17.2. The molecule has 1 atom stereocenters. The Morgan fingerprint density at radius 3 is 2.50 bits per heavy atom. The average molecular weight is 276 g/mol. The van der Waals surface area contributed by atoms with E-state index in [-0.39, 0.29) is 11.9 Å². The van der Waals surface area contributed by atoms with Crippen molar-refractivity contribution in [2.75, 3.05) is 31.1 Å². The number of nitrogens with zero attached hydrogens (tertiary/aromatic N) is 3. The second-order valence-corrected chi connectivity index (χ2v) is 5.35. The van der Waals surface area contributed by atoms with Gasteiger partial charge in [0.25, 0.3) is 0 Å². The molecule has 0 saturated carbocycles. The number of nitrogens with two attached hydrogens (primary N) is 1. The molecule has 1 aromatic rings. The predicted octanol–water partition coefficient (Wildman–Crippen LogP) is 1.47. The van der Waals surface area contributed by atoms with E-state index in [0.29, 0.717) is 0 Å². The van der Waals surface area contributed by atoms with Crippen molar-refractivity contribution in [2.24, 2.45) is 5.73 Å². The molecule has 1 unspecified atom stereocenters. The number of amides is 1. The van der Waals surface area contributed by atoms with Gasteiger partial charge >= 0.3 is 0 Å². The van der Waals surface area contributed by atoms with Crippen molar-refractivity contribution < 1.29 is 4.79 Å². The zero-order chi connectivity index (χ0) is 14.7. The number of hydrogen-bond acceptors (Lipinski definition) is 4. The fraction of sp³-hybridized carbons (Fsp3) is 0.600. The maximum absolute atomic E-state index is 11.3. The van der Waals surface area contributed by atoms with Gasteiger partial charge in [-0.25, -0.2) is 4.98 Å². The molecule has 20 heavy (non-hydrogen) atoms. The standard InChI is InChI=1S/C15H24N4O/c1-4-14(16)13-5-6-15(17-11(13)2)19-9-7-18(8-10-19)12(3)20/h5-6,14H,4,7-10,16H2,1-3H3. The Morgan fingerprint density at radius 2 is 2.00 bits per heavy atom. The molecule has 1 fully saturated rings. The van der Waals surface area contributed by atoms with E-state index in [1.165, 1.54) is 0 Å². The highest BCUT2D eigenvalue weighted by Gasteiger charge is 2.20. The molecule has 0 aromatic carbocycles. The Balaban J connectivity index is 2.07. The van der Waals surface area contributed by atoms with E-state index in [4.69, 9.17) is 5.73 Å². The van der Waals surface area contributed by atoms with Gasteiger partial charge in [0, 0.05) is 44.8 Å². The van der Waals surface area contributed by atoms with Crippen LogP contribution >= 0.6 is 0 Å². The molecule has 0 aliphatic carbocycles. The minimum Gasteiger partial charge on any atom is -0.353 e. The van der Waals surface area contributed by atoms with Crippen LogP contribution in [0.15, 0.2) is 12.1 Å². The van der Waals surface area contributed by atoms with Crippen molar-refractivity contribution in [1.82, 2.24) is 9.88 Å². The number of aromatic nitrogens is 1. The van der Waals surface area contributed by atoms with Crippen LogP contribution in [0.25, 0.3) is 0 Å². The van der Waals surface area contributed by atoms with Gasteiger partial charge in [0.1, 0.15) is 5.82 Å². The topological polar surface area (TPSA) is 62.5 Å². The summed E-state index contributed by atoms with van der Waals surface area (Å²) in [5, 5.41) is 0. The van der Waals surface area contributed by atoms with Gasteiger partial charge in [-0.05, 0) is 25.0 Å². The summed E-state index contributed by atoms with van der Waals surface area (Å²) in [7, 11) is 0. The SMILES string of the molecule is CCC(N)c1ccc(N2CCN(C(C)=O)CC2)nc1C. The molecule has 1 aromatic heterocycles. The van der Waals surface area contributed by atoms with Crippen molar-refractivity contribution in [3.63, 3.8) is 0 Å². The van der Waals surface area contributed by atoms with Crippen LogP contribution in [-0.2, 0) is 4.79 Å². The van der Waals surface area contributed by atoms with Gasteiger partial charge in [-0.1, -0.05) is 13.0 Å². The number of rotatable bonds is 3. The summed E-state index contributed by atoms with van der Waals surface area (Å²) >= 11 is 0. The number of carbonyl (C=O) groups is 1. The van der Waals surface area contributed by atoms with Crippen molar-refractivity contribution in [2.45, 2.75) is 33.2 Å². The minimum atomic E-state index is 0.0612. The van der Waals surface area contributed by atoms with Gasteiger partial charge in [0.15, 0.2) is 0 Å². The van der Waals surface area contributed by atoms with E-state index in [9.17, 15) is 4.79 Å². The van der Waals surface area contributed by atoms with Crippen LogP contribution in [0.4, 0.5) is 5.82 Å². The van der Waals surface area contributed by atoms with Crippen LogP contribution in [0.1, 0.15) is 37.6 Å². The molecule has 0 spiro atoms. The summed E-state index contributed by atoms with van der Waals surface area (Å²) in [6.07, 6.45) is 0.916.